The van der Waals surface area contributed by atoms with E-state index >= 15 is 0 Å². The molecule has 0 atom stereocenters. The Kier molecular flexibility index (Phi) is 5.03. The van der Waals surface area contributed by atoms with E-state index in [0.29, 0.717) is 16.7 Å². The molecule has 4 aromatic rings. The van der Waals surface area contributed by atoms with Gasteiger partial charge in [0, 0.05) is 23.3 Å². The van der Waals surface area contributed by atoms with Crippen LogP contribution in [0, 0.1) is 6.92 Å². The molecule has 1 aliphatic rings. The van der Waals surface area contributed by atoms with Crippen LogP contribution >= 0.6 is 0 Å². The van der Waals surface area contributed by atoms with Gasteiger partial charge in [-0.05, 0) is 50.8 Å². The minimum atomic E-state index is -2.60. The number of aromatic nitrogens is 4. The molecule has 0 bridgehead atoms. The molecule has 1 aromatic carbocycles. The fourth-order valence-electron chi connectivity index (χ4n) is 4.73. The Balaban J connectivity index is 1.33. The quantitative estimate of drug-likeness (QED) is 0.476. The number of nitrogens with two attached hydrogens (primary N) is 1. The topological polar surface area (TPSA) is 90.2 Å². The van der Waals surface area contributed by atoms with Crippen molar-refractivity contribution < 1.29 is 13.6 Å². The highest BCUT2D eigenvalue weighted by molar-refractivity contribution is 6.05. The van der Waals surface area contributed by atoms with Gasteiger partial charge in [-0.2, -0.15) is 5.10 Å². The number of halogens is 2. The lowest BCUT2D eigenvalue weighted by molar-refractivity contribution is 0.100. The van der Waals surface area contributed by atoms with E-state index in [2.05, 4.69) is 10.3 Å². The number of primary amides is 1. The molecular formula is C23H24F2N6O. The molecule has 0 spiro atoms. The van der Waals surface area contributed by atoms with E-state index < -0.39 is 12.3 Å². The maximum atomic E-state index is 13.0. The van der Waals surface area contributed by atoms with Gasteiger partial charge >= 0.3 is 0 Å². The van der Waals surface area contributed by atoms with Gasteiger partial charge < -0.3 is 11.1 Å². The van der Waals surface area contributed by atoms with Crippen LogP contribution in [0.2, 0.25) is 0 Å². The first-order valence-electron chi connectivity index (χ1n) is 10.7. The van der Waals surface area contributed by atoms with Crippen molar-refractivity contribution in [3.8, 4) is 0 Å². The molecule has 9 heteroatoms. The standard InChI is InChI=1S/C23H24F2N6O/c1-13-16-4-2-5-17(23(26)32)21(16)29-31(13)15-10-8-14(9-11-15)27-19-6-3-7-20-28-18(22(24)25)12-30(19)20/h2-7,12,14-15,22,27H,8-11H2,1H3,(H2,26,32). The van der Waals surface area contributed by atoms with E-state index in [1.165, 1.54) is 6.20 Å². The van der Waals surface area contributed by atoms with Gasteiger partial charge in [0.25, 0.3) is 12.3 Å². The maximum absolute atomic E-state index is 13.0. The summed E-state index contributed by atoms with van der Waals surface area (Å²) < 4.78 is 29.8. The second kappa shape index (κ2) is 7.89. The number of benzene rings is 1. The Morgan fingerprint density at radius 3 is 2.62 bits per heavy atom. The number of nitrogens with zero attached hydrogens (tertiary/aromatic N) is 4. The molecule has 32 heavy (non-hydrogen) atoms. The summed E-state index contributed by atoms with van der Waals surface area (Å²) in [6.07, 6.45) is 2.46. The van der Waals surface area contributed by atoms with E-state index in [0.717, 1.165) is 42.6 Å². The van der Waals surface area contributed by atoms with Crippen LogP contribution in [-0.2, 0) is 0 Å². The van der Waals surface area contributed by atoms with E-state index in [1.807, 2.05) is 35.9 Å². The van der Waals surface area contributed by atoms with Crippen LogP contribution in [0.15, 0.2) is 42.6 Å². The molecule has 0 saturated heterocycles. The summed E-state index contributed by atoms with van der Waals surface area (Å²) in [5.74, 6) is 0.286. The van der Waals surface area contributed by atoms with Crippen LogP contribution in [0.5, 0.6) is 0 Å². The molecule has 1 aliphatic carbocycles. The molecule has 1 fully saturated rings. The number of anilines is 1. The van der Waals surface area contributed by atoms with E-state index in [4.69, 9.17) is 10.8 Å². The zero-order valence-corrected chi connectivity index (χ0v) is 17.6. The number of carbonyl (C=O) groups excluding carboxylic acids is 1. The largest absolute Gasteiger partial charge is 0.368 e. The van der Waals surface area contributed by atoms with Crippen molar-refractivity contribution in [3.05, 3.63) is 59.5 Å². The Labute approximate surface area is 183 Å². The molecule has 7 nitrogen and oxygen atoms in total. The van der Waals surface area contributed by atoms with Gasteiger partial charge in [-0.15, -0.1) is 0 Å². The third-order valence-corrected chi connectivity index (χ3v) is 6.37. The lowest BCUT2D eigenvalue weighted by Crippen LogP contribution is -2.28. The molecule has 0 unspecified atom stereocenters. The minimum absolute atomic E-state index is 0.223. The predicted octanol–water partition coefficient (Wildman–Crippen LogP) is 4.62. The predicted molar refractivity (Wildman–Crippen MR) is 118 cm³/mol. The highest BCUT2D eigenvalue weighted by Crippen LogP contribution is 2.33. The average Bonchev–Trinajstić information content (AvgIpc) is 3.37. The smallest absolute Gasteiger partial charge is 0.281 e. The van der Waals surface area contributed by atoms with Gasteiger partial charge in [0.1, 0.15) is 22.7 Å². The molecule has 1 saturated carbocycles. The molecule has 0 radical (unpaired) electrons. The van der Waals surface area contributed by atoms with Crippen molar-refractivity contribution in [1.82, 2.24) is 19.2 Å². The molecule has 166 valence electrons. The van der Waals surface area contributed by atoms with Gasteiger partial charge in [-0.25, -0.2) is 13.8 Å². The Bertz CT molecular complexity index is 1300. The van der Waals surface area contributed by atoms with Gasteiger partial charge in [0.2, 0.25) is 0 Å². The van der Waals surface area contributed by atoms with Crippen LogP contribution in [0.3, 0.4) is 0 Å². The van der Waals surface area contributed by atoms with Crippen LogP contribution in [0.4, 0.5) is 14.6 Å². The van der Waals surface area contributed by atoms with E-state index in [1.54, 1.807) is 16.5 Å². The summed E-state index contributed by atoms with van der Waals surface area (Å²) in [5, 5.41) is 9.19. The summed E-state index contributed by atoms with van der Waals surface area (Å²) in [4.78, 5) is 15.8. The van der Waals surface area contributed by atoms with Crippen LogP contribution in [0.25, 0.3) is 16.6 Å². The van der Waals surface area contributed by atoms with E-state index in [9.17, 15) is 13.6 Å². The van der Waals surface area contributed by atoms with Crippen LogP contribution < -0.4 is 11.1 Å². The zero-order chi connectivity index (χ0) is 22.4. The third-order valence-electron chi connectivity index (χ3n) is 6.37. The van der Waals surface area contributed by atoms with Gasteiger partial charge in [0.05, 0.1) is 11.6 Å². The molecule has 3 heterocycles. The number of carbonyl (C=O) groups is 1. The second-order valence-electron chi connectivity index (χ2n) is 8.35. The van der Waals surface area contributed by atoms with Crippen molar-refractivity contribution in [1.29, 1.82) is 0 Å². The zero-order valence-electron chi connectivity index (χ0n) is 17.6. The number of pyridine rings is 1. The SMILES string of the molecule is Cc1c2cccc(C(N)=O)c2nn1C1CCC(Nc2cccc3nc(C(F)F)cn23)CC1. The summed E-state index contributed by atoms with van der Waals surface area (Å²) >= 11 is 0. The van der Waals surface area contributed by atoms with Crippen molar-refractivity contribution in [2.45, 2.75) is 51.1 Å². The minimum Gasteiger partial charge on any atom is -0.368 e. The average molecular weight is 438 g/mol. The number of hydrogen-bond acceptors (Lipinski definition) is 4. The lowest BCUT2D eigenvalue weighted by Gasteiger charge is -2.30. The number of rotatable bonds is 5. The van der Waals surface area contributed by atoms with Gasteiger partial charge in [-0.3, -0.25) is 13.9 Å². The van der Waals surface area contributed by atoms with Crippen molar-refractivity contribution in [3.63, 3.8) is 0 Å². The van der Waals surface area contributed by atoms with Gasteiger partial charge in [0.15, 0.2) is 0 Å². The number of aryl methyl sites for hydroxylation is 1. The summed E-state index contributed by atoms with van der Waals surface area (Å²) in [5.41, 5.74) is 7.93. The lowest BCUT2D eigenvalue weighted by atomic mass is 9.91. The Hall–Kier alpha value is -3.49. The number of nitrogens with one attached hydrogen (secondary N) is 1. The van der Waals surface area contributed by atoms with Crippen molar-refractivity contribution in [2.24, 2.45) is 5.73 Å². The second-order valence-corrected chi connectivity index (χ2v) is 8.35. The van der Waals surface area contributed by atoms with Crippen LogP contribution in [-0.4, -0.2) is 31.1 Å². The highest BCUT2D eigenvalue weighted by atomic mass is 19.3. The molecular weight excluding hydrogens is 414 g/mol. The molecule has 3 N–H and O–H groups in total. The number of hydrogen-bond donors (Lipinski definition) is 2. The van der Waals surface area contributed by atoms with Crippen molar-refractivity contribution in [2.75, 3.05) is 5.32 Å². The number of fused-ring (bicyclic) bond motifs is 2. The number of alkyl halides is 2. The Morgan fingerprint density at radius 1 is 1.16 bits per heavy atom. The van der Waals surface area contributed by atoms with Gasteiger partial charge in [-0.1, -0.05) is 18.2 Å². The fraction of sp³-hybridized carbons (Fsp3) is 0.348. The third kappa shape index (κ3) is 3.47. The van der Waals surface area contributed by atoms with Crippen LogP contribution in [0.1, 0.15) is 59.9 Å². The highest BCUT2D eigenvalue weighted by Gasteiger charge is 2.26. The first-order chi connectivity index (χ1) is 15.4. The maximum Gasteiger partial charge on any atom is 0.281 e. The monoisotopic (exact) mass is 438 g/mol. The summed E-state index contributed by atoms with van der Waals surface area (Å²) in [7, 11) is 0. The molecule has 5 rings (SSSR count). The fourth-order valence-corrected chi connectivity index (χ4v) is 4.73. The molecule has 3 aromatic heterocycles. The Morgan fingerprint density at radius 2 is 1.91 bits per heavy atom. The first-order valence-corrected chi connectivity index (χ1v) is 10.7. The molecule has 0 aliphatic heterocycles. The van der Waals surface area contributed by atoms with Crippen molar-refractivity contribution >= 4 is 28.3 Å². The number of imidazole rings is 1. The normalized spacial score (nSPS) is 19.1. The molecule has 1 amide bonds. The number of amides is 1. The first kappa shape index (κ1) is 20.4. The van der Waals surface area contributed by atoms with E-state index in [-0.39, 0.29) is 17.8 Å². The summed E-state index contributed by atoms with van der Waals surface area (Å²) in [6, 6.07) is 11.4. The summed E-state index contributed by atoms with van der Waals surface area (Å²) in [6.45, 7) is 2.02.